The molecule has 0 aromatic carbocycles. The summed E-state index contributed by atoms with van der Waals surface area (Å²) in [5.74, 6) is 0.642. The van der Waals surface area contributed by atoms with Crippen molar-refractivity contribution in [2.75, 3.05) is 22.9 Å². The minimum absolute atomic E-state index is 0.125. The standard InChI is InChI=1S/C8H13N5O/c1-8(2)3-10-4-5(13-8)11-7(9)12-6(4)14/h10H,3H2,1-2H3,(H4,9,11,12,13,14). The van der Waals surface area contributed by atoms with Crippen molar-refractivity contribution in [3.63, 3.8) is 0 Å². The Morgan fingerprint density at radius 1 is 1.50 bits per heavy atom. The van der Waals surface area contributed by atoms with Gasteiger partial charge in [0.2, 0.25) is 5.95 Å². The number of hydrogen-bond donors (Lipinski definition) is 4. The minimum atomic E-state index is -0.240. The Morgan fingerprint density at radius 3 is 2.93 bits per heavy atom. The highest BCUT2D eigenvalue weighted by Gasteiger charge is 2.26. The molecule has 0 saturated heterocycles. The number of nitrogens with two attached hydrogens (primary N) is 1. The normalized spacial score (nSPS) is 17.9. The minimum Gasteiger partial charge on any atom is -0.375 e. The Balaban J connectivity index is 2.52. The van der Waals surface area contributed by atoms with E-state index in [4.69, 9.17) is 5.73 Å². The number of nitrogens with one attached hydrogen (secondary N) is 3. The lowest BCUT2D eigenvalue weighted by Gasteiger charge is -2.33. The summed E-state index contributed by atoms with van der Waals surface area (Å²) in [5, 5.41) is 6.17. The summed E-state index contributed by atoms with van der Waals surface area (Å²) in [7, 11) is 0. The molecule has 0 atom stereocenters. The third kappa shape index (κ3) is 1.39. The molecule has 14 heavy (non-hydrogen) atoms. The van der Waals surface area contributed by atoms with Gasteiger partial charge < -0.3 is 16.4 Å². The first-order valence-corrected chi connectivity index (χ1v) is 4.40. The Hall–Kier alpha value is -1.72. The molecule has 0 amide bonds. The van der Waals surface area contributed by atoms with E-state index in [9.17, 15) is 4.79 Å². The van der Waals surface area contributed by atoms with Crippen LogP contribution in [0.3, 0.4) is 0 Å². The van der Waals surface area contributed by atoms with Gasteiger partial charge in [0.1, 0.15) is 5.69 Å². The number of rotatable bonds is 0. The Morgan fingerprint density at radius 2 is 2.21 bits per heavy atom. The van der Waals surface area contributed by atoms with Gasteiger partial charge in [0.25, 0.3) is 5.56 Å². The molecule has 0 aliphatic carbocycles. The van der Waals surface area contributed by atoms with E-state index in [-0.39, 0.29) is 17.0 Å². The van der Waals surface area contributed by atoms with Gasteiger partial charge in [-0.15, -0.1) is 0 Å². The number of H-pyrrole nitrogens is 1. The summed E-state index contributed by atoms with van der Waals surface area (Å²) >= 11 is 0. The fraction of sp³-hybridized carbons (Fsp3) is 0.500. The molecule has 0 spiro atoms. The van der Waals surface area contributed by atoms with Gasteiger partial charge in [-0.1, -0.05) is 0 Å². The molecule has 6 nitrogen and oxygen atoms in total. The van der Waals surface area contributed by atoms with E-state index in [0.29, 0.717) is 18.1 Å². The predicted octanol–water partition coefficient (Wildman–Crippen LogP) is -0.0319. The van der Waals surface area contributed by atoms with Crippen molar-refractivity contribution in [3.05, 3.63) is 10.4 Å². The number of nitrogen functional groups attached to an aromatic ring is 1. The molecule has 76 valence electrons. The number of fused-ring (bicyclic) bond motifs is 1. The van der Waals surface area contributed by atoms with Crippen LogP contribution in [-0.2, 0) is 0 Å². The first-order valence-electron chi connectivity index (χ1n) is 4.40. The van der Waals surface area contributed by atoms with Crippen molar-refractivity contribution in [2.24, 2.45) is 0 Å². The molecule has 1 aromatic heterocycles. The van der Waals surface area contributed by atoms with Gasteiger partial charge in [0.15, 0.2) is 5.82 Å². The Kier molecular flexibility index (Phi) is 1.67. The van der Waals surface area contributed by atoms with Crippen LogP contribution in [0.25, 0.3) is 0 Å². The summed E-state index contributed by atoms with van der Waals surface area (Å²) in [4.78, 5) is 17.9. The molecular weight excluding hydrogens is 182 g/mol. The average molecular weight is 195 g/mol. The summed E-state index contributed by atoms with van der Waals surface area (Å²) < 4.78 is 0. The van der Waals surface area contributed by atoms with E-state index in [0.717, 1.165) is 0 Å². The zero-order valence-corrected chi connectivity index (χ0v) is 8.14. The highest BCUT2D eigenvalue weighted by molar-refractivity contribution is 5.67. The number of aromatic nitrogens is 2. The molecule has 1 aromatic rings. The SMILES string of the molecule is CC1(C)CNc2c(nc(N)[nH]c2=O)N1. The van der Waals surface area contributed by atoms with Crippen LogP contribution in [0, 0.1) is 0 Å². The first-order chi connectivity index (χ1) is 6.48. The van der Waals surface area contributed by atoms with Crippen molar-refractivity contribution in [1.29, 1.82) is 0 Å². The fourth-order valence-corrected chi connectivity index (χ4v) is 1.42. The smallest absolute Gasteiger partial charge is 0.277 e. The lowest BCUT2D eigenvalue weighted by atomic mass is 10.0. The molecule has 0 fully saturated rings. The monoisotopic (exact) mass is 195 g/mol. The van der Waals surface area contributed by atoms with Crippen LogP contribution in [0.1, 0.15) is 13.8 Å². The molecule has 0 radical (unpaired) electrons. The zero-order valence-electron chi connectivity index (χ0n) is 8.14. The van der Waals surface area contributed by atoms with Crippen molar-refractivity contribution in [2.45, 2.75) is 19.4 Å². The van der Waals surface area contributed by atoms with Crippen LogP contribution in [-0.4, -0.2) is 22.1 Å². The van der Waals surface area contributed by atoms with Crippen LogP contribution in [0.5, 0.6) is 0 Å². The van der Waals surface area contributed by atoms with Crippen LogP contribution in [0.2, 0.25) is 0 Å². The van der Waals surface area contributed by atoms with E-state index in [1.165, 1.54) is 0 Å². The highest BCUT2D eigenvalue weighted by atomic mass is 16.1. The first kappa shape index (κ1) is 8.86. The molecule has 6 heteroatoms. The summed E-state index contributed by atoms with van der Waals surface area (Å²) in [6.07, 6.45) is 0. The van der Waals surface area contributed by atoms with E-state index in [1.54, 1.807) is 0 Å². The van der Waals surface area contributed by atoms with Crippen molar-refractivity contribution in [3.8, 4) is 0 Å². The molecule has 5 N–H and O–H groups in total. The zero-order chi connectivity index (χ0) is 10.3. The lowest BCUT2D eigenvalue weighted by Crippen LogP contribution is -2.44. The van der Waals surface area contributed by atoms with Gasteiger partial charge in [-0.05, 0) is 13.8 Å². The van der Waals surface area contributed by atoms with Crippen LogP contribution in [0.15, 0.2) is 4.79 Å². The molecule has 2 rings (SSSR count). The summed E-state index contributed by atoms with van der Waals surface area (Å²) in [6.45, 7) is 4.71. The van der Waals surface area contributed by atoms with Gasteiger partial charge in [-0.25, -0.2) is 0 Å². The molecule has 0 unspecified atom stereocenters. The van der Waals surface area contributed by atoms with Gasteiger partial charge in [0, 0.05) is 6.54 Å². The van der Waals surface area contributed by atoms with Gasteiger partial charge in [-0.3, -0.25) is 9.78 Å². The number of aromatic amines is 1. The van der Waals surface area contributed by atoms with Crippen LogP contribution >= 0.6 is 0 Å². The molecule has 2 heterocycles. The second-order valence-electron chi connectivity index (χ2n) is 4.04. The quantitative estimate of drug-likeness (QED) is 0.466. The summed E-state index contributed by atoms with van der Waals surface area (Å²) in [6, 6.07) is 0. The largest absolute Gasteiger partial charge is 0.375 e. The van der Waals surface area contributed by atoms with Gasteiger partial charge in [-0.2, -0.15) is 4.98 Å². The second-order valence-corrected chi connectivity index (χ2v) is 4.04. The maximum atomic E-state index is 11.4. The number of nitrogens with zero attached hydrogens (tertiary/aromatic N) is 1. The lowest BCUT2D eigenvalue weighted by molar-refractivity contribution is 0.584. The predicted molar refractivity (Wildman–Crippen MR) is 55.5 cm³/mol. The van der Waals surface area contributed by atoms with Crippen molar-refractivity contribution >= 4 is 17.5 Å². The highest BCUT2D eigenvalue weighted by Crippen LogP contribution is 2.24. The van der Waals surface area contributed by atoms with E-state index in [1.807, 2.05) is 13.8 Å². The van der Waals surface area contributed by atoms with Crippen LogP contribution < -0.4 is 21.9 Å². The molecular formula is C8H13N5O. The van der Waals surface area contributed by atoms with E-state index >= 15 is 0 Å². The topological polar surface area (TPSA) is 95.8 Å². The van der Waals surface area contributed by atoms with Gasteiger partial charge in [0.05, 0.1) is 5.54 Å². The average Bonchev–Trinajstić information content (AvgIpc) is 2.00. The molecule has 0 bridgehead atoms. The number of hydrogen-bond acceptors (Lipinski definition) is 5. The Labute approximate surface area is 80.9 Å². The van der Waals surface area contributed by atoms with Crippen LogP contribution in [0.4, 0.5) is 17.5 Å². The van der Waals surface area contributed by atoms with E-state index in [2.05, 4.69) is 20.6 Å². The molecule has 1 aliphatic heterocycles. The maximum absolute atomic E-state index is 11.4. The third-order valence-corrected chi connectivity index (χ3v) is 2.10. The maximum Gasteiger partial charge on any atom is 0.277 e. The van der Waals surface area contributed by atoms with Crippen molar-refractivity contribution < 1.29 is 0 Å². The molecule has 0 saturated carbocycles. The Bertz CT molecular complexity index is 422. The summed E-state index contributed by atoms with van der Waals surface area (Å²) in [5.41, 5.74) is 5.53. The number of anilines is 3. The van der Waals surface area contributed by atoms with Crippen molar-refractivity contribution in [1.82, 2.24) is 9.97 Å². The third-order valence-electron chi connectivity index (χ3n) is 2.10. The second kappa shape index (κ2) is 2.63. The molecule has 1 aliphatic rings. The fourth-order valence-electron chi connectivity index (χ4n) is 1.42. The van der Waals surface area contributed by atoms with Gasteiger partial charge >= 0.3 is 0 Å². The van der Waals surface area contributed by atoms with E-state index < -0.39 is 0 Å².